The Morgan fingerprint density at radius 1 is 0.529 bits per heavy atom. The molecule has 0 aliphatic heterocycles. The van der Waals surface area contributed by atoms with E-state index in [0.29, 0.717) is 56.0 Å². The van der Waals surface area contributed by atoms with Crippen LogP contribution in [0.15, 0.2) is 22.3 Å². The van der Waals surface area contributed by atoms with Gasteiger partial charge in [-0.2, -0.15) is 0 Å². The molecule has 0 aromatic rings. The fraction of sp³-hybridized carbons (Fsp3) is 0.867. The number of hydrogen-bond acceptors (Lipinski definition) is 6. The molecule has 0 radical (unpaired) electrons. The Morgan fingerprint density at radius 2 is 1.12 bits per heavy atom. The molecule has 51 heavy (non-hydrogen) atoms. The monoisotopic (exact) mass is 694 g/mol. The number of rotatable bonds is 12. The first-order chi connectivity index (χ1) is 25.1. The van der Waals surface area contributed by atoms with Crippen molar-refractivity contribution in [1.29, 1.82) is 0 Å². The number of hydrogen-bond donors (Lipinski definition) is 0. The Balaban J connectivity index is 0.945. The van der Waals surface area contributed by atoms with E-state index < -0.39 is 5.41 Å². The highest BCUT2D eigenvalue weighted by atomic mass is 16.6. The molecule has 13 aliphatic carbocycles. The maximum atomic E-state index is 14.7. The second-order valence-electron chi connectivity index (χ2n) is 20.5. The molecule has 274 valence electrons. The molecule has 0 saturated heterocycles. The highest BCUT2D eigenvalue weighted by molar-refractivity contribution is 6.05. The maximum absolute atomic E-state index is 14.7. The van der Waals surface area contributed by atoms with Gasteiger partial charge in [0.15, 0.2) is 5.41 Å². The van der Waals surface area contributed by atoms with Crippen LogP contribution in [-0.4, -0.2) is 51.6 Å². The summed E-state index contributed by atoms with van der Waals surface area (Å²) in [7, 11) is 0. The van der Waals surface area contributed by atoms with Crippen LogP contribution < -0.4 is 0 Å². The van der Waals surface area contributed by atoms with Crippen molar-refractivity contribution in [1.82, 2.24) is 0 Å². The van der Waals surface area contributed by atoms with Gasteiger partial charge in [0.05, 0.1) is 13.2 Å². The third-order valence-corrected chi connectivity index (χ3v) is 19.5. The Kier molecular flexibility index (Phi) is 6.21. The van der Waals surface area contributed by atoms with Gasteiger partial charge in [0, 0.05) is 13.2 Å². The molecule has 6 nitrogen and oxygen atoms in total. The number of esters is 2. The Hall–Kier alpha value is -1.66. The molecule has 10 fully saturated rings. The molecule has 0 bridgehead atoms. The van der Waals surface area contributed by atoms with Crippen LogP contribution in [-0.2, 0) is 28.5 Å². The minimum absolute atomic E-state index is 0.0671. The summed E-state index contributed by atoms with van der Waals surface area (Å²) in [5.74, 6) is 14.0. The van der Waals surface area contributed by atoms with E-state index in [4.69, 9.17) is 18.9 Å². The van der Waals surface area contributed by atoms with Crippen molar-refractivity contribution in [2.75, 3.05) is 39.6 Å². The van der Waals surface area contributed by atoms with E-state index >= 15 is 0 Å². The highest BCUT2D eigenvalue weighted by Crippen LogP contribution is 2.88. The zero-order valence-electron chi connectivity index (χ0n) is 30.8. The lowest BCUT2D eigenvalue weighted by molar-refractivity contribution is -0.169. The highest BCUT2D eigenvalue weighted by Gasteiger charge is 2.88. The van der Waals surface area contributed by atoms with Gasteiger partial charge >= 0.3 is 11.9 Å². The molecule has 0 aromatic heterocycles. The van der Waals surface area contributed by atoms with Gasteiger partial charge in [-0.3, -0.25) is 9.59 Å². The quantitative estimate of drug-likeness (QED) is 0.123. The summed E-state index contributed by atoms with van der Waals surface area (Å²) in [6.07, 6.45) is 13.1. The maximum Gasteiger partial charge on any atom is 0.324 e. The molecule has 0 N–H and O–H groups in total. The van der Waals surface area contributed by atoms with Crippen LogP contribution in [0.25, 0.3) is 0 Å². The van der Waals surface area contributed by atoms with Gasteiger partial charge < -0.3 is 18.9 Å². The van der Waals surface area contributed by atoms with Crippen molar-refractivity contribution in [2.24, 2.45) is 124 Å². The lowest BCUT2D eigenvalue weighted by Gasteiger charge is -2.58. The first kappa shape index (κ1) is 30.6. The van der Waals surface area contributed by atoms with Gasteiger partial charge in [-0.1, -0.05) is 25.0 Å². The second-order valence-corrected chi connectivity index (χ2v) is 20.5. The van der Waals surface area contributed by atoms with Crippen LogP contribution in [0.1, 0.15) is 78.1 Å². The smallest absolute Gasteiger partial charge is 0.324 e. The third kappa shape index (κ3) is 3.38. The summed E-state index contributed by atoms with van der Waals surface area (Å²) in [6.45, 7) is 6.75. The Morgan fingerprint density at radius 3 is 1.82 bits per heavy atom. The zero-order chi connectivity index (χ0) is 33.7. The molecule has 20 unspecified atom stereocenters. The molecule has 6 heteroatoms. The summed E-state index contributed by atoms with van der Waals surface area (Å²) in [5.41, 5.74) is 6.81. The normalized spacial score (nSPS) is 54.4. The molecule has 13 aliphatic rings. The van der Waals surface area contributed by atoms with Crippen LogP contribution in [0.2, 0.25) is 0 Å². The van der Waals surface area contributed by atoms with Crippen LogP contribution >= 0.6 is 0 Å². The number of allylic oxidation sites excluding steroid dienone is 4. The lowest BCUT2D eigenvalue weighted by atomic mass is 9.46. The summed E-state index contributed by atoms with van der Waals surface area (Å²) >= 11 is 0. The SMILES string of the molecule is CCCOCCOC(=O)C1(C(=O)OCCOCCC)C2C3CC4CC5CC6CCC7CC8CC9CC(C%10C3C3=C4C5=C4C6C7C5C4C3C%10C9C85)C21. The average Bonchev–Trinajstić information content (AvgIpc) is 3.43. The van der Waals surface area contributed by atoms with E-state index in [-0.39, 0.29) is 37.0 Å². The average molecular weight is 695 g/mol. The molecule has 13 rings (SSSR count). The van der Waals surface area contributed by atoms with Crippen molar-refractivity contribution in [3.05, 3.63) is 22.3 Å². The van der Waals surface area contributed by atoms with Crippen molar-refractivity contribution < 1.29 is 28.5 Å². The van der Waals surface area contributed by atoms with E-state index in [1.807, 2.05) is 16.7 Å². The number of ether oxygens (including phenoxy) is 4. The van der Waals surface area contributed by atoms with Gasteiger partial charge in [-0.25, -0.2) is 0 Å². The zero-order valence-corrected chi connectivity index (χ0v) is 30.8. The van der Waals surface area contributed by atoms with Crippen LogP contribution in [0.5, 0.6) is 0 Å². The van der Waals surface area contributed by atoms with Crippen LogP contribution in [0, 0.1) is 124 Å². The van der Waals surface area contributed by atoms with Crippen LogP contribution in [0.4, 0.5) is 0 Å². The van der Waals surface area contributed by atoms with E-state index in [1.54, 1.807) is 0 Å². The van der Waals surface area contributed by atoms with Crippen molar-refractivity contribution in [3.8, 4) is 0 Å². The van der Waals surface area contributed by atoms with Gasteiger partial charge in [0.2, 0.25) is 0 Å². The van der Waals surface area contributed by atoms with Gasteiger partial charge in [0.1, 0.15) is 13.2 Å². The predicted octanol–water partition coefficient (Wildman–Crippen LogP) is 7.13. The van der Waals surface area contributed by atoms with Crippen molar-refractivity contribution in [3.63, 3.8) is 0 Å². The number of carbonyl (C=O) groups is 2. The second kappa shape index (κ2) is 10.3. The topological polar surface area (TPSA) is 71.1 Å². The summed E-state index contributed by atoms with van der Waals surface area (Å²) in [4.78, 5) is 29.5. The molecular weight excluding hydrogens is 636 g/mol. The summed E-state index contributed by atoms with van der Waals surface area (Å²) in [5, 5.41) is 0. The molecule has 10 saturated carbocycles. The molecule has 0 spiro atoms. The molecule has 0 amide bonds. The van der Waals surface area contributed by atoms with Gasteiger partial charge in [0.25, 0.3) is 0 Å². The minimum atomic E-state index is -1.15. The fourth-order valence-electron chi connectivity index (χ4n) is 19.5. The van der Waals surface area contributed by atoms with E-state index in [2.05, 4.69) is 19.4 Å². The Labute approximate surface area is 303 Å². The fourth-order valence-corrected chi connectivity index (χ4v) is 19.5. The van der Waals surface area contributed by atoms with E-state index in [1.165, 1.54) is 51.4 Å². The van der Waals surface area contributed by atoms with E-state index in [9.17, 15) is 9.59 Å². The third-order valence-electron chi connectivity index (χ3n) is 19.5. The van der Waals surface area contributed by atoms with E-state index in [0.717, 1.165) is 89.8 Å². The summed E-state index contributed by atoms with van der Waals surface area (Å²) < 4.78 is 23.8. The predicted molar refractivity (Wildman–Crippen MR) is 187 cm³/mol. The minimum Gasteiger partial charge on any atom is -0.462 e. The number of carbonyl (C=O) groups excluding carboxylic acids is 2. The number of fused-ring (bicyclic) bond motifs is 3. The molecule has 0 aromatic carbocycles. The Bertz CT molecular complexity index is 1630. The molecule has 20 atom stereocenters. The standard InChI is InChI=1S/C45H58O6/c1-3-7-48-9-11-50-43(46)45(44(47)51-12-10-49-8-4-2)41-25-17-23-15-21-13-19-5-6-20-14-22-16-24-18-26(42(41)45)34-33(25)37-31(23)29(21)35-27(19)28(20)36-30(22)32(24)38(34)40(37)39(35)36/h19-29,31,33-35,37,39-42H,3-18H2,1-2H3. The van der Waals surface area contributed by atoms with Gasteiger partial charge in [-0.05, 0) is 194 Å². The largest absolute Gasteiger partial charge is 0.462 e. The van der Waals surface area contributed by atoms with Gasteiger partial charge in [-0.15, -0.1) is 0 Å². The first-order valence-corrected chi connectivity index (χ1v) is 22.1. The van der Waals surface area contributed by atoms with Crippen molar-refractivity contribution in [2.45, 2.75) is 78.1 Å². The van der Waals surface area contributed by atoms with Crippen molar-refractivity contribution >= 4 is 11.9 Å². The lowest BCUT2D eigenvalue weighted by Crippen LogP contribution is -2.54. The van der Waals surface area contributed by atoms with Crippen LogP contribution in [0.3, 0.4) is 0 Å². The summed E-state index contributed by atoms with van der Waals surface area (Å²) in [6, 6.07) is 0. The molecule has 0 heterocycles. The molecular formula is C45H58O6. The first-order valence-electron chi connectivity index (χ1n) is 22.1.